The van der Waals surface area contributed by atoms with Crippen LogP contribution in [0, 0.1) is 21.7 Å². The van der Waals surface area contributed by atoms with Crippen molar-refractivity contribution in [1.82, 2.24) is 4.90 Å². The minimum absolute atomic E-state index is 0.00634. The van der Waals surface area contributed by atoms with Crippen molar-refractivity contribution >= 4 is 27.3 Å². The highest BCUT2D eigenvalue weighted by Crippen LogP contribution is 2.37. The van der Waals surface area contributed by atoms with E-state index in [2.05, 4.69) is 20.8 Å². The molecule has 0 N–H and O–H groups in total. The highest BCUT2D eigenvalue weighted by molar-refractivity contribution is 9.10. The normalized spacial score (nSPS) is 20.2. The summed E-state index contributed by atoms with van der Waals surface area (Å²) in [5, 5.41) is 11.1. The second kappa shape index (κ2) is 5.61. The van der Waals surface area contributed by atoms with Gasteiger partial charge in [-0.15, -0.1) is 0 Å². The van der Waals surface area contributed by atoms with Crippen LogP contribution in [0.15, 0.2) is 10.5 Å². The fraction of sp³-hybridized carbons (Fsp3) is 0.500. The summed E-state index contributed by atoms with van der Waals surface area (Å²) in [6.45, 7) is 3.61. The third-order valence-electron chi connectivity index (χ3n) is 3.60. The SMILES string of the molecule is CC1CN(c2cc(F)c(Br)c(F)c2[N+](=O)[O-])CCN1C. The van der Waals surface area contributed by atoms with E-state index in [9.17, 15) is 18.9 Å². The zero-order chi connectivity index (χ0) is 15.0. The van der Waals surface area contributed by atoms with Crippen molar-refractivity contribution in [3.63, 3.8) is 0 Å². The zero-order valence-electron chi connectivity index (χ0n) is 11.1. The van der Waals surface area contributed by atoms with Crippen LogP contribution in [0.25, 0.3) is 0 Å². The standard InChI is InChI=1S/C12H14BrF2N3O2/c1-7-6-17(4-3-16(7)2)9-5-8(14)10(13)11(15)12(9)18(19)20/h5,7H,3-4,6H2,1-2H3. The van der Waals surface area contributed by atoms with E-state index in [0.29, 0.717) is 19.6 Å². The molecule has 1 saturated heterocycles. The van der Waals surface area contributed by atoms with Crippen molar-refractivity contribution in [2.24, 2.45) is 0 Å². The number of hydrogen-bond donors (Lipinski definition) is 0. The summed E-state index contributed by atoms with van der Waals surface area (Å²) in [5.74, 6) is -2.01. The van der Waals surface area contributed by atoms with Crippen LogP contribution in [0.3, 0.4) is 0 Å². The number of anilines is 1. The lowest BCUT2D eigenvalue weighted by molar-refractivity contribution is -0.386. The molecule has 0 spiro atoms. The maximum atomic E-state index is 13.9. The zero-order valence-corrected chi connectivity index (χ0v) is 12.7. The number of benzene rings is 1. The highest BCUT2D eigenvalue weighted by atomic mass is 79.9. The molecule has 0 amide bonds. The molecule has 1 aromatic carbocycles. The van der Waals surface area contributed by atoms with E-state index in [-0.39, 0.29) is 11.7 Å². The number of nitro groups is 1. The first kappa shape index (κ1) is 15.1. The van der Waals surface area contributed by atoms with E-state index < -0.39 is 26.7 Å². The Morgan fingerprint density at radius 1 is 1.45 bits per heavy atom. The van der Waals surface area contributed by atoms with Crippen LogP contribution in [-0.4, -0.2) is 42.5 Å². The topological polar surface area (TPSA) is 49.6 Å². The Morgan fingerprint density at radius 2 is 2.10 bits per heavy atom. The number of nitro benzene ring substituents is 1. The van der Waals surface area contributed by atoms with Crippen LogP contribution in [-0.2, 0) is 0 Å². The summed E-state index contributed by atoms with van der Waals surface area (Å²) < 4.78 is 27.1. The number of piperazine rings is 1. The van der Waals surface area contributed by atoms with Crippen LogP contribution >= 0.6 is 15.9 Å². The van der Waals surface area contributed by atoms with Gasteiger partial charge in [-0.05, 0) is 29.9 Å². The Hall–Kier alpha value is -1.28. The molecule has 0 bridgehead atoms. The molecule has 20 heavy (non-hydrogen) atoms. The number of hydrogen-bond acceptors (Lipinski definition) is 4. The number of halogens is 3. The van der Waals surface area contributed by atoms with Crippen LogP contribution < -0.4 is 4.90 Å². The molecule has 5 nitrogen and oxygen atoms in total. The lowest BCUT2D eigenvalue weighted by Crippen LogP contribution is -2.50. The average Bonchev–Trinajstić information content (AvgIpc) is 2.38. The Balaban J connectivity index is 2.48. The molecule has 1 unspecified atom stereocenters. The minimum Gasteiger partial charge on any atom is -0.363 e. The van der Waals surface area contributed by atoms with Gasteiger partial charge in [0.1, 0.15) is 11.5 Å². The average molecular weight is 350 g/mol. The summed E-state index contributed by atoms with van der Waals surface area (Å²) in [6, 6.07) is 1.17. The summed E-state index contributed by atoms with van der Waals surface area (Å²) in [4.78, 5) is 14.0. The fourth-order valence-corrected chi connectivity index (χ4v) is 2.56. The first-order chi connectivity index (χ1) is 9.32. The van der Waals surface area contributed by atoms with Crippen molar-refractivity contribution in [1.29, 1.82) is 0 Å². The lowest BCUT2D eigenvalue weighted by Gasteiger charge is -2.38. The molecular formula is C12H14BrF2N3O2. The van der Waals surface area contributed by atoms with E-state index in [1.54, 1.807) is 4.90 Å². The molecule has 110 valence electrons. The molecule has 1 atom stereocenters. The molecule has 1 fully saturated rings. The van der Waals surface area contributed by atoms with Crippen LogP contribution in [0.4, 0.5) is 20.2 Å². The van der Waals surface area contributed by atoms with Crippen molar-refractivity contribution in [2.45, 2.75) is 13.0 Å². The van der Waals surface area contributed by atoms with E-state index in [0.717, 1.165) is 6.07 Å². The minimum atomic E-state index is -1.17. The van der Waals surface area contributed by atoms with Gasteiger partial charge in [-0.2, -0.15) is 4.39 Å². The van der Waals surface area contributed by atoms with E-state index in [1.807, 2.05) is 14.0 Å². The van der Waals surface area contributed by atoms with Gasteiger partial charge in [0.05, 0.1) is 9.40 Å². The molecule has 8 heteroatoms. The summed E-state index contributed by atoms with van der Waals surface area (Å²) in [5.41, 5.74) is -0.692. The van der Waals surface area contributed by atoms with E-state index >= 15 is 0 Å². The molecular weight excluding hydrogens is 336 g/mol. The van der Waals surface area contributed by atoms with Gasteiger partial charge >= 0.3 is 5.69 Å². The summed E-state index contributed by atoms with van der Waals surface area (Å²) in [6.07, 6.45) is 0. The van der Waals surface area contributed by atoms with Gasteiger partial charge in [0.15, 0.2) is 0 Å². The van der Waals surface area contributed by atoms with Crippen molar-refractivity contribution in [3.8, 4) is 0 Å². The molecule has 1 aliphatic heterocycles. The maximum absolute atomic E-state index is 13.9. The summed E-state index contributed by atoms with van der Waals surface area (Å²) >= 11 is 2.70. The first-order valence-corrected chi connectivity index (χ1v) is 6.89. The van der Waals surface area contributed by atoms with Crippen molar-refractivity contribution in [3.05, 3.63) is 32.3 Å². The Kier molecular flexibility index (Phi) is 4.24. The molecule has 0 aromatic heterocycles. The summed E-state index contributed by atoms with van der Waals surface area (Å²) in [7, 11) is 1.94. The van der Waals surface area contributed by atoms with Gasteiger partial charge in [0.2, 0.25) is 5.82 Å². The van der Waals surface area contributed by atoms with Gasteiger partial charge in [-0.3, -0.25) is 10.1 Å². The predicted octanol–water partition coefficient (Wildman–Crippen LogP) is 2.78. The largest absolute Gasteiger partial charge is 0.363 e. The quantitative estimate of drug-likeness (QED) is 0.468. The number of rotatable bonds is 2. The molecule has 0 aliphatic carbocycles. The molecule has 0 radical (unpaired) electrons. The lowest BCUT2D eigenvalue weighted by atomic mass is 10.1. The van der Waals surface area contributed by atoms with Gasteiger partial charge in [-0.1, -0.05) is 0 Å². The monoisotopic (exact) mass is 349 g/mol. The third-order valence-corrected chi connectivity index (χ3v) is 4.33. The molecule has 0 saturated carbocycles. The van der Waals surface area contributed by atoms with E-state index in [1.165, 1.54) is 0 Å². The molecule has 1 aliphatic rings. The number of nitrogens with zero attached hydrogens (tertiary/aromatic N) is 3. The third kappa shape index (κ3) is 2.62. The van der Waals surface area contributed by atoms with Crippen LogP contribution in [0.1, 0.15) is 6.92 Å². The Bertz CT molecular complexity index is 556. The Labute approximate surface area is 123 Å². The van der Waals surface area contributed by atoms with Gasteiger partial charge in [0.25, 0.3) is 0 Å². The smallest absolute Gasteiger partial charge is 0.329 e. The van der Waals surface area contributed by atoms with Crippen LogP contribution in [0.2, 0.25) is 0 Å². The Morgan fingerprint density at radius 3 is 2.65 bits per heavy atom. The van der Waals surface area contributed by atoms with Gasteiger partial charge < -0.3 is 9.80 Å². The molecule has 2 rings (SSSR count). The van der Waals surface area contributed by atoms with E-state index in [4.69, 9.17) is 0 Å². The van der Waals surface area contributed by atoms with Crippen molar-refractivity contribution in [2.75, 3.05) is 31.6 Å². The van der Waals surface area contributed by atoms with Crippen molar-refractivity contribution < 1.29 is 13.7 Å². The first-order valence-electron chi connectivity index (χ1n) is 6.10. The fourth-order valence-electron chi connectivity index (χ4n) is 2.25. The molecule has 1 heterocycles. The molecule has 1 aromatic rings. The second-order valence-electron chi connectivity index (χ2n) is 4.89. The van der Waals surface area contributed by atoms with Gasteiger partial charge in [-0.25, -0.2) is 4.39 Å². The van der Waals surface area contributed by atoms with Gasteiger partial charge in [0, 0.05) is 31.7 Å². The predicted molar refractivity (Wildman–Crippen MR) is 75.0 cm³/mol. The highest BCUT2D eigenvalue weighted by Gasteiger charge is 2.31. The second-order valence-corrected chi connectivity index (χ2v) is 5.68. The van der Waals surface area contributed by atoms with Crippen LogP contribution in [0.5, 0.6) is 0 Å². The number of likely N-dealkylation sites (N-methyl/N-ethyl adjacent to an activating group) is 1. The maximum Gasteiger partial charge on any atom is 0.329 e.